The van der Waals surface area contributed by atoms with Crippen molar-refractivity contribution in [3.8, 4) is 22.9 Å². The Hall–Kier alpha value is -3.62. The van der Waals surface area contributed by atoms with Gasteiger partial charge in [0.2, 0.25) is 5.91 Å². The van der Waals surface area contributed by atoms with Crippen LogP contribution in [-0.2, 0) is 4.79 Å². The minimum Gasteiger partial charge on any atom is -0.497 e. The Morgan fingerprint density at radius 2 is 1.93 bits per heavy atom. The van der Waals surface area contributed by atoms with E-state index in [2.05, 4.69) is 26.2 Å². The molecule has 1 heterocycles. The van der Waals surface area contributed by atoms with Crippen LogP contribution in [-0.4, -0.2) is 46.9 Å². The molecule has 1 aliphatic carbocycles. The Bertz CT molecular complexity index is 998. The Morgan fingerprint density at radius 1 is 1.14 bits per heavy atom. The van der Waals surface area contributed by atoms with Crippen molar-refractivity contribution in [1.29, 1.82) is 0 Å². The minimum atomic E-state index is -0.196. The fourth-order valence-corrected chi connectivity index (χ4v) is 2.97. The minimum absolute atomic E-state index is 0.111. The fraction of sp³-hybridized carbons (Fsp3) is 0.300. The molecule has 1 aliphatic rings. The summed E-state index contributed by atoms with van der Waals surface area (Å²) in [4.78, 5) is 12.3. The Balaban J connectivity index is 1.37. The van der Waals surface area contributed by atoms with Gasteiger partial charge in [-0.1, -0.05) is 0 Å². The van der Waals surface area contributed by atoms with Crippen LogP contribution in [0, 0.1) is 0 Å². The molecule has 1 amide bonds. The van der Waals surface area contributed by atoms with Crippen LogP contribution in [0.15, 0.2) is 42.5 Å². The molecule has 2 N–H and O–H groups in total. The monoisotopic (exact) mass is 394 g/mol. The number of tetrazole rings is 1. The maximum Gasteiger partial charge on any atom is 0.243 e. The number of carbonyl (C=O) groups is 1. The second-order valence-electron chi connectivity index (χ2n) is 6.72. The van der Waals surface area contributed by atoms with E-state index in [0.717, 1.165) is 29.9 Å². The van der Waals surface area contributed by atoms with Gasteiger partial charge in [-0.3, -0.25) is 4.79 Å². The van der Waals surface area contributed by atoms with Gasteiger partial charge in [-0.05, 0) is 59.7 Å². The van der Waals surface area contributed by atoms with E-state index in [4.69, 9.17) is 9.47 Å². The number of nitrogens with one attached hydrogen (secondary N) is 2. The first kappa shape index (κ1) is 18.7. The zero-order valence-electron chi connectivity index (χ0n) is 16.3. The molecule has 1 saturated carbocycles. The maximum absolute atomic E-state index is 12.3. The lowest BCUT2D eigenvalue weighted by atomic mass is 10.2. The van der Waals surface area contributed by atoms with E-state index in [9.17, 15) is 4.79 Å². The lowest BCUT2D eigenvalue weighted by molar-refractivity contribution is -0.114. The molecular formula is C20H22N6O3. The average Bonchev–Trinajstić information content (AvgIpc) is 3.49. The third-order valence-corrected chi connectivity index (χ3v) is 4.66. The Labute approximate surface area is 168 Å². The molecule has 0 aliphatic heterocycles. The molecule has 1 aromatic heterocycles. The summed E-state index contributed by atoms with van der Waals surface area (Å²) in [6, 6.07) is 13.3. The molecule has 9 heteroatoms. The van der Waals surface area contributed by atoms with Crippen LogP contribution in [0.2, 0.25) is 0 Å². The molecule has 29 heavy (non-hydrogen) atoms. The van der Waals surface area contributed by atoms with Crippen molar-refractivity contribution in [3.05, 3.63) is 42.5 Å². The number of hydrogen-bond acceptors (Lipinski definition) is 7. The van der Waals surface area contributed by atoms with Crippen LogP contribution in [0.5, 0.6) is 11.5 Å². The lowest BCUT2D eigenvalue weighted by Gasteiger charge is -2.12. The van der Waals surface area contributed by atoms with Gasteiger partial charge in [-0.15, -0.1) is 5.10 Å². The molecule has 0 spiro atoms. The van der Waals surface area contributed by atoms with Gasteiger partial charge < -0.3 is 20.1 Å². The quantitative estimate of drug-likeness (QED) is 0.605. The van der Waals surface area contributed by atoms with Crippen molar-refractivity contribution in [2.24, 2.45) is 0 Å². The molecule has 2 aromatic carbocycles. The number of methoxy groups -OCH3 is 2. The van der Waals surface area contributed by atoms with Crippen molar-refractivity contribution in [2.45, 2.75) is 18.9 Å². The molecule has 0 radical (unpaired) electrons. The van der Waals surface area contributed by atoms with Gasteiger partial charge in [0.05, 0.1) is 32.5 Å². The SMILES string of the molecule is COc1ccc(OC)c(NC(=O)CNc2ccc(-c3nnnn3C3CC3)cc2)c1. The highest BCUT2D eigenvalue weighted by Gasteiger charge is 2.28. The number of ether oxygens (including phenoxy) is 2. The van der Waals surface area contributed by atoms with E-state index in [-0.39, 0.29) is 12.5 Å². The molecule has 9 nitrogen and oxygen atoms in total. The number of hydrogen-bond donors (Lipinski definition) is 2. The highest BCUT2D eigenvalue weighted by Crippen LogP contribution is 2.36. The molecule has 150 valence electrons. The van der Waals surface area contributed by atoms with Gasteiger partial charge in [0, 0.05) is 17.3 Å². The molecule has 4 rings (SSSR count). The second-order valence-corrected chi connectivity index (χ2v) is 6.72. The number of aromatic nitrogens is 4. The number of amides is 1. The molecule has 0 saturated heterocycles. The van der Waals surface area contributed by atoms with E-state index in [1.165, 1.54) is 0 Å². The van der Waals surface area contributed by atoms with Crippen LogP contribution in [0.25, 0.3) is 11.4 Å². The summed E-state index contributed by atoms with van der Waals surface area (Å²) >= 11 is 0. The van der Waals surface area contributed by atoms with E-state index in [1.807, 2.05) is 28.9 Å². The second kappa shape index (κ2) is 8.17. The van der Waals surface area contributed by atoms with E-state index in [0.29, 0.717) is 23.2 Å². The molecule has 3 aromatic rings. The van der Waals surface area contributed by atoms with E-state index < -0.39 is 0 Å². The van der Waals surface area contributed by atoms with Gasteiger partial charge in [-0.25, -0.2) is 4.68 Å². The highest BCUT2D eigenvalue weighted by atomic mass is 16.5. The summed E-state index contributed by atoms with van der Waals surface area (Å²) in [7, 11) is 3.12. The van der Waals surface area contributed by atoms with Gasteiger partial charge in [0.1, 0.15) is 11.5 Å². The van der Waals surface area contributed by atoms with Gasteiger partial charge in [0.15, 0.2) is 5.82 Å². The number of rotatable bonds is 8. The van der Waals surface area contributed by atoms with Crippen molar-refractivity contribution >= 4 is 17.3 Å². The molecular weight excluding hydrogens is 372 g/mol. The smallest absolute Gasteiger partial charge is 0.243 e. The van der Waals surface area contributed by atoms with Crippen LogP contribution in [0.3, 0.4) is 0 Å². The molecule has 1 fully saturated rings. The normalized spacial score (nSPS) is 13.0. The number of carbonyl (C=O) groups excluding carboxylic acids is 1. The zero-order valence-corrected chi connectivity index (χ0v) is 16.3. The largest absolute Gasteiger partial charge is 0.497 e. The first-order chi connectivity index (χ1) is 14.2. The van der Waals surface area contributed by atoms with Crippen molar-refractivity contribution in [1.82, 2.24) is 20.2 Å². The topological polar surface area (TPSA) is 103 Å². The summed E-state index contributed by atoms with van der Waals surface area (Å²) < 4.78 is 12.3. The van der Waals surface area contributed by atoms with Crippen LogP contribution >= 0.6 is 0 Å². The summed E-state index contributed by atoms with van der Waals surface area (Å²) in [6.07, 6.45) is 2.23. The number of benzene rings is 2. The first-order valence-corrected chi connectivity index (χ1v) is 9.32. The molecule has 0 bridgehead atoms. The summed E-state index contributed by atoms with van der Waals surface area (Å²) in [5, 5.41) is 17.9. The van der Waals surface area contributed by atoms with Crippen LogP contribution in [0.1, 0.15) is 18.9 Å². The van der Waals surface area contributed by atoms with E-state index >= 15 is 0 Å². The van der Waals surface area contributed by atoms with Crippen LogP contribution < -0.4 is 20.1 Å². The van der Waals surface area contributed by atoms with Crippen LogP contribution in [0.4, 0.5) is 11.4 Å². The van der Waals surface area contributed by atoms with Crippen molar-refractivity contribution in [2.75, 3.05) is 31.4 Å². The van der Waals surface area contributed by atoms with Gasteiger partial charge in [0.25, 0.3) is 0 Å². The third-order valence-electron chi connectivity index (χ3n) is 4.66. The fourth-order valence-electron chi connectivity index (χ4n) is 2.97. The number of anilines is 2. The lowest BCUT2D eigenvalue weighted by Crippen LogP contribution is -2.22. The first-order valence-electron chi connectivity index (χ1n) is 9.32. The maximum atomic E-state index is 12.3. The summed E-state index contributed by atoms with van der Waals surface area (Å²) in [5.74, 6) is 1.77. The van der Waals surface area contributed by atoms with Crippen molar-refractivity contribution < 1.29 is 14.3 Å². The Morgan fingerprint density at radius 3 is 2.62 bits per heavy atom. The summed E-state index contributed by atoms with van der Waals surface area (Å²) in [5.41, 5.74) is 2.32. The predicted molar refractivity (Wildman–Crippen MR) is 108 cm³/mol. The standard InChI is InChI=1S/C20H22N6O3/c1-28-16-9-10-18(29-2)17(11-16)22-19(27)12-21-14-5-3-13(4-6-14)20-23-24-25-26(20)15-7-8-15/h3-6,9-11,15,21H,7-8,12H2,1-2H3,(H,22,27). The summed E-state index contributed by atoms with van der Waals surface area (Å²) in [6.45, 7) is 0.111. The van der Waals surface area contributed by atoms with E-state index in [1.54, 1.807) is 32.4 Å². The Kier molecular flexibility index (Phi) is 5.28. The van der Waals surface area contributed by atoms with Gasteiger partial charge >= 0.3 is 0 Å². The van der Waals surface area contributed by atoms with Crippen molar-refractivity contribution in [3.63, 3.8) is 0 Å². The number of nitrogens with zero attached hydrogens (tertiary/aromatic N) is 4. The average molecular weight is 394 g/mol. The zero-order chi connectivity index (χ0) is 20.2. The predicted octanol–water partition coefficient (Wildman–Crippen LogP) is 2.74. The van der Waals surface area contributed by atoms with Gasteiger partial charge in [-0.2, -0.15) is 0 Å². The third kappa shape index (κ3) is 4.29. The molecule has 0 atom stereocenters. The highest BCUT2D eigenvalue weighted by molar-refractivity contribution is 5.95. The molecule has 0 unspecified atom stereocenters.